The second-order valence-electron chi connectivity index (χ2n) is 5.75. The van der Waals surface area contributed by atoms with Crippen LogP contribution in [-0.2, 0) is 17.9 Å². The number of amides is 1. The summed E-state index contributed by atoms with van der Waals surface area (Å²) in [4.78, 5) is 13.9. The molecule has 0 aliphatic carbocycles. The minimum absolute atomic E-state index is 0.149. The molecule has 1 amide bonds. The van der Waals surface area contributed by atoms with Crippen LogP contribution >= 0.6 is 0 Å². The van der Waals surface area contributed by atoms with Crippen LogP contribution in [0, 0.1) is 5.92 Å². The first-order chi connectivity index (χ1) is 8.91. The Bertz CT molecular complexity index is 396. The molecular formula is C15H27N3O. The largest absolute Gasteiger partial charge is 0.342 e. The molecular weight excluding hydrogens is 238 g/mol. The fraction of sp³-hybridized carbons (Fsp3) is 0.667. The van der Waals surface area contributed by atoms with Crippen molar-refractivity contribution in [1.29, 1.82) is 0 Å². The fourth-order valence-corrected chi connectivity index (χ4v) is 1.80. The fourth-order valence-electron chi connectivity index (χ4n) is 1.80. The molecule has 0 saturated carbocycles. The summed E-state index contributed by atoms with van der Waals surface area (Å²) in [5.74, 6) is 0.786. The molecule has 0 unspecified atom stereocenters. The third-order valence-electron chi connectivity index (χ3n) is 3.26. The maximum atomic E-state index is 12.1. The Hall–Kier alpha value is -1.29. The number of nitrogens with zero attached hydrogens (tertiary/aromatic N) is 2. The van der Waals surface area contributed by atoms with E-state index >= 15 is 0 Å². The summed E-state index contributed by atoms with van der Waals surface area (Å²) < 4.78 is 2.02. The first-order valence-corrected chi connectivity index (χ1v) is 7.02. The summed E-state index contributed by atoms with van der Waals surface area (Å²) >= 11 is 0. The lowest BCUT2D eigenvalue weighted by Gasteiger charge is -2.22. The van der Waals surface area contributed by atoms with Gasteiger partial charge in [-0.3, -0.25) is 4.79 Å². The van der Waals surface area contributed by atoms with Crippen LogP contribution in [0.5, 0.6) is 0 Å². The molecule has 0 aromatic carbocycles. The van der Waals surface area contributed by atoms with Crippen molar-refractivity contribution in [2.45, 2.75) is 46.8 Å². The van der Waals surface area contributed by atoms with E-state index in [4.69, 9.17) is 0 Å². The highest BCUT2D eigenvalue weighted by atomic mass is 16.2. The van der Waals surface area contributed by atoms with E-state index < -0.39 is 0 Å². The maximum Gasteiger partial charge on any atom is 0.242 e. The zero-order valence-electron chi connectivity index (χ0n) is 12.8. The average Bonchev–Trinajstić information content (AvgIpc) is 2.75. The second kappa shape index (κ2) is 7.34. The molecule has 1 aromatic rings. The summed E-state index contributed by atoms with van der Waals surface area (Å²) in [5.41, 5.74) is 1.16. The van der Waals surface area contributed by atoms with E-state index in [1.807, 2.05) is 37.7 Å². The molecule has 0 aliphatic rings. The van der Waals surface area contributed by atoms with Crippen LogP contribution in [-0.4, -0.2) is 35.0 Å². The molecule has 1 heterocycles. The van der Waals surface area contributed by atoms with Crippen LogP contribution in [0.25, 0.3) is 0 Å². The summed E-state index contributed by atoms with van der Waals surface area (Å²) in [6.45, 7) is 10.6. The number of carbonyl (C=O) groups is 1. The Morgan fingerprint density at radius 3 is 2.63 bits per heavy atom. The average molecular weight is 265 g/mol. The second-order valence-corrected chi connectivity index (χ2v) is 5.75. The van der Waals surface area contributed by atoms with E-state index in [9.17, 15) is 4.79 Å². The van der Waals surface area contributed by atoms with Gasteiger partial charge in [-0.05, 0) is 38.4 Å². The minimum atomic E-state index is 0.149. The van der Waals surface area contributed by atoms with Crippen molar-refractivity contribution in [3.8, 4) is 0 Å². The van der Waals surface area contributed by atoms with Crippen molar-refractivity contribution in [2.75, 3.05) is 13.6 Å². The van der Waals surface area contributed by atoms with Gasteiger partial charge in [0.15, 0.2) is 0 Å². The highest BCUT2D eigenvalue weighted by molar-refractivity contribution is 5.76. The Morgan fingerprint density at radius 2 is 2.05 bits per heavy atom. The first kappa shape index (κ1) is 15.8. The van der Waals surface area contributed by atoms with Crippen LogP contribution in [0.15, 0.2) is 18.3 Å². The molecule has 1 aromatic heterocycles. The number of nitrogens with one attached hydrogen (secondary N) is 1. The Labute approximate surface area is 116 Å². The summed E-state index contributed by atoms with van der Waals surface area (Å²) in [7, 11) is 1.85. The van der Waals surface area contributed by atoms with E-state index in [1.165, 1.54) is 0 Å². The number of aromatic nitrogens is 1. The number of rotatable bonds is 7. The van der Waals surface area contributed by atoms with E-state index in [2.05, 4.69) is 25.2 Å². The van der Waals surface area contributed by atoms with Crippen LogP contribution < -0.4 is 5.32 Å². The Kier molecular flexibility index (Phi) is 6.09. The molecule has 0 aliphatic heterocycles. The van der Waals surface area contributed by atoms with Gasteiger partial charge in [0, 0.05) is 31.5 Å². The van der Waals surface area contributed by atoms with Gasteiger partial charge in [0.05, 0.1) is 0 Å². The molecule has 4 nitrogen and oxygen atoms in total. The third-order valence-corrected chi connectivity index (χ3v) is 3.26. The lowest BCUT2D eigenvalue weighted by Crippen LogP contribution is -2.36. The number of carbonyl (C=O) groups excluding carboxylic acids is 1. The van der Waals surface area contributed by atoms with Crippen LogP contribution in [0.1, 0.15) is 33.4 Å². The van der Waals surface area contributed by atoms with Crippen molar-refractivity contribution < 1.29 is 4.79 Å². The van der Waals surface area contributed by atoms with Gasteiger partial charge in [-0.1, -0.05) is 13.8 Å². The molecule has 108 valence electrons. The topological polar surface area (TPSA) is 37.3 Å². The minimum Gasteiger partial charge on any atom is -0.342 e. The van der Waals surface area contributed by atoms with Gasteiger partial charge in [-0.15, -0.1) is 0 Å². The van der Waals surface area contributed by atoms with Crippen molar-refractivity contribution in [1.82, 2.24) is 14.8 Å². The summed E-state index contributed by atoms with van der Waals surface area (Å²) in [5, 5.41) is 3.41. The molecule has 1 N–H and O–H groups in total. The molecule has 4 heteroatoms. The molecule has 0 fully saturated rings. The molecule has 0 bridgehead atoms. The normalized spacial score (nSPS) is 11.3. The SMILES string of the molecule is CC(C)CNCc1cccn1CC(=O)N(C)C(C)C. The molecule has 0 atom stereocenters. The molecule has 19 heavy (non-hydrogen) atoms. The van der Waals surface area contributed by atoms with Crippen molar-refractivity contribution in [3.63, 3.8) is 0 Å². The zero-order chi connectivity index (χ0) is 14.4. The third kappa shape index (κ3) is 5.07. The maximum absolute atomic E-state index is 12.1. The van der Waals surface area contributed by atoms with Gasteiger partial charge in [0.2, 0.25) is 5.91 Å². The van der Waals surface area contributed by atoms with Crippen molar-refractivity contribution in [2.24, 2.45) is 5.92 Å². The van der Waals surface area contributed by atoms with Crippen LogP contribution in [0.2, 0.25) is 0 Å². The predicted molar refractivity (Wildman–Crippen MR) is 78.9 cm³/mol. The van der Waals surface area contributed by atoms with Crippen LogP contribution in [0.4, 0.5) is 0 Å². The zero-order valence-corrected chi connectivity index (χ0v) is 12.8. The highest BCUT2D eigenvalue weighted by Crippen LogP contribution is 2.05. The van der Waals surface area contributed by atoms with Gasteiger partial charge in [0.1, 0.15) is 6.54 Å². The molecule has 0 saturated heterocycles. The number of hydrogen-bond acceptors (Lipinski definition) is 2. The van der Waals surface area contributed by atoms with Gasteiger partial charge >= 0.3 is 0 Å². The number of likely N-dealkylation sites (N-methyl/N-ethyl adjacent to an activating group) is 1. The molecule has 0 radical (unpaired) electrons. The Balaban J connectivity index is 2.55. The van der Waals surface area contributed by atoms with Gasteiger partial charge < -0.3 is 14.8 Å². The summed E-state index contributed by atoms with van der Waals surface area (Å²) in [6.07, 6.45) is 1.97. The summed E-state index contributed by atoms with van der Waals surface area (Å²) in [6, 6.07) is 4.30. The van der Waals surface area contributed by atoms with Crippen molar-refractivity contribution in [3.05, 3.63) is 24.0 Å². The van der Waals surface area contributed by atoms with E-state index in [1.54, 1.807) is 4.90 Å². The smallest absolute Gasteiger partial charge is 0.242 e. The molecule has 0 spiro atoms. The number of hydrogen-bond donors (Lipinski definition) is 1. The standard InChI is InChI=1S/C15H27N3O/c1-12(2)9-16-10-14-7-6-8-18(14)11-15(19)17(5)13(3)4/h6-8,12-13,16H,9-11H2,1-5H3. The van der Waals surface area contributed by atoms with Gasteiger partial charge in [-0.2, -0.15) is 0 Å². The van der Waals surface area contributed by atoms with E-state index in [0.29, 0.717) is 12.5 Å². The lowest BCUT2D eigenvalue weighted by atomic mass is 10.2. The highest BCUT2D eigenvalue weighted by Gasteiger charge is 2.13. The van der Waals surface area contributed by atoms with Gasteiger partial charge in [0.25, 0.3) is 0 Å². The van der Waals surface area contributed by atoms with E-state index in [0.717, 1.165) is 18.8 Å². The van der Waals surface area contributed by atoms with E-state index in [-0.39, 0.29) is 11.9 Å². The van der Waals surface area contributed by atoms with Crippen LogP contribution in [0.3, 0.4) is 0 Å². The van der Waals surface area contributed by atoms with Gasteiger partial charge in [-0.25, -0.2) is 0 Å². The molecule has 1 rings (SSSR count). The predicted octanol–water partition coefficient (Wildman–Crippen LogP) is 2.10. The first-order valence-electron chi connectivity index (χ1n) is 7.02. The quantitative estimate of drug-likeness (QED) is 0.820. The van der Waals surface area contributed by atoms with Crippen molar-refractivity contribution >= 4 is 5.91 Å². The lowest BCUT2D eigenvalue weighted by molar-refractivity contribution is -0.132. The Morgan fingerprint density at radius 1 is 1.37 bits per heavy atom. The monoisotopic (exact) mass is 265 g/mol.